The van der Waals surface area contributed by atoms with Gasteiger partial charge < -0.3 is 15.0 Å². The minimum absolute atomic E-state index is 0.133. The average molecular weight is 528 g/mol. The van der Waals surface area contributed by atoms with Crippen LogP contribution >= 0.6 is 11.6 Å². The number of aryl methyl sites for hydroxylation is 1. The first-order chi connectivity index (χ1) is 17.2. The quantitative estimate of drug-likeness (QED) is 0.456. The number of halogens is 1. The molecule has 0 bridgehead atoms. The second kappa shape index (κ2) is 10.8. The lowest BCUT2D eigenvalue weighted by Crippen LogP contribution is -2.50. The SMILES string of the molecule is CCN(CC)c1ccc(CNC(=O)[C@@H]2CN(S(=O)(=O)c3ccc(C)cc3)c3cc(Cl)ccc3O2)cc1. The van der Waals surface area contributed by atoms with Crippen LogP contribution in [-0.2, 0) is 21.4 Å². The predicted octanol–water partition coefficient (Wildman–Crippen LogP) is 4.77. The van der Waals surface area contributed by atoms with Crippen LogP contribution in [0, 0.1) is 6.92 Å². The van der Waals surface area contributed by atoms with Gasteiger partial charge in [-0.3, -0.25) is 9.10 Å². The molecule has 3 aromatic carbocycles. The summed E-state index contributed by atoms with van der Waals surface area (Å²) in [6, 6.07) is 19.3. The van der Waals surface area contributed by atoms with Crippen LogP contribution < -0.4 is 19.3 Å². The van der Waals surface area contributed by atoms with Gasteiger partial charge in [-0.2, -0.15) is 0 Å². The van der Waals surface area contributed by atoms with Crippen molar-refractivity contribution < 1.29 is 17.9 Å². The molecule has 3 aromatic rings. The number of amides is 1. The molecule has 0 aromatic heterocycles. The summed E-state index contributed by atoms with van der Waals surface area (Å²) >= 11 is 6.17. The van der Waals surface area contributed by atoms with E-state index in [9.17, 15) is 13.2 Å². The Morgan fingerprint density at radius 2 is 1.72 bits per heavy atom. The van der Waals surface area contributed by atoms with Crippen LogP contribution in [0.5, 0.6) is 5.75 Å². The lowest BCUT2D eigenvalue weighted by atomic mass is 10.1. The fraction of sp³-hybridized carbons (Fsp3) is 0.296. The summed E-state index contributed by atoms with van der Waals surface area (Å²) in [7, 11) is -3.95. The van der Waals surface area contributed by atoms with E-state index in [-0.39, 0.29) is 17.2 Å². The summed E-state index contributed by atoms with van der Waals surface area (Å²) in [5, 5.41) is 3.25. The fourth-order valence-electron chi connectivity index (χ4n) is 4.14. The number of nitrogens with zero attached hydrogens (tertiary/aromatic N) is 2. The zero-order chi connectivity index (χ0) is 25.9. The third kappa shape index (κ3) is 5.44. The van der Waals surface area contributed by atoms with Gasteiger partial charge in [0.2, 0.25) is 0 Å². The zero-order valence-electron chi connectivity index (χ0n) is 20.6. The van der Waals surface area contributed by atoms with Crippen molar-refractivity contribution in [2.24, 2.45) is 0 Å². The predicted molar refractivity (Wildman–Crippen MR) is 143 cm³/mol. The van der Waals surface area contributed by atoms with Crippen molar-refractivity contribution in [2.45, 2.75) is 38.3 Å². The van der Waals surface area contributed by atoms with Gasteiger partial charge in [-0.05, 0) is 68.8 Å². The summed E-state index contributed by atoms with van der Waals surface area (Å²) in [5.74, 6) is -0.113. The van der Waals surface area contributed by atoms with Gasteiger partial charge in [-0.15, -0.1) is 0 Å². The van der Waals surface area contributed by atoms with Gasteiger partial charge in [-0.1, -0.05) is 41.4 Å². The molecule has 1 aliphatic heterocycles. The molecule has 36 heavy (non-hydrogen) atoms. The van der Waals surface area contributed by atoms with E-state index in [1.807, 2.05) is 31.2 Å². The minimum atomic E-state index is -3.95. The van der Waals surface area contributed by atoms with Gasteiger partial charge in [0.05, 0.1) is 17.1 Å². The van der Waals surface area contributed by atoms with Crippen LogP contribution in [0.1, 0.15) is 25.0 Å². The third-order valence-corrected chi connectivity index (χ3v) is 8.25. The highest BCUT2D eigenvalue weighted by Gasteiger charge is 2.37. The Morgan fingerprint density at radius 1 is 1.06 bits per heavy atom. The average Bonchev–Trinajstić information content (AvgIpc) is 2.88. The largest absolute Gasteiger partial charge is 0.476 e. The molecule has 1 heterocycles. The number of sulfonamides is 1. The van der Waals surface area contributed by atoms with E-state index in [0.717, 1.165) is 29.9 Å². The molecule has 9 heteroatoms. The summed E-state index contributed by atoms with van der Waals surface area (Å²) < 4.78 is 34.2. The number of nitrogens with one attached hydrogen (secondary N) is 1. The molecule has 1 aliphatic rings. The summed E-state index contributed by atoms with van der Waals surface area (Å²) in [6.45, 7) is 8.07. The molecule has 0 saturated carbocycles. The van der Waals surface area contributed by atoms with Gasteiger partial charge in [0.25, 0.3) is 15.9 Å². The Bertz CT molecular complexity index is 1320. The van der Waals surface area contributed by atoms with Crippen LogP contribution in [-0.4, -0.2) is 40.1 Å². The van der Waals surface area contributed by atoms with Gasteiger partial charge >= 0.3 is 0 Å². The van der Waals surface area contributed by atoms with Gasteiger partial charge in [0, 0.05) is 30.3 Å². The minimum Gasteiger partial charge on any atom is -0.476 e. The van der Waals surface area contributed by atoms with Crippen molar-refractivity contribution in [3.8, 4) is 5.75 Å². The molecule has 0 fully saturated rings. The topological polar surface area (TPSA) is 79.0 Å². The Hall–Kier alpha value is -3.23. The van der Waals surface area contributed by atoms with Crippen molar-refractivity contribution in [2.75, 3.05) is 28.8 Å². The van der Waals surface area contributed by atoms with Crippen molar-refractivity contribution in [3.05, 3.63) is 82.9 Å². The first-order valence-electron chi connectivity index (χ1n) is 11.9. The molecular formula is C27H30ClN3O4S. The number of hydrogen-bond acceptors (Lipinski definition) is 5. The Morgan fingerprint density at radius 3 is 2.36 bits per heavy atom. The molecule has 0 unspecified atom stereocenters. The van der Waals surface area contributed by atoms with E-state index in [1.165, 1.54) is 10.4 Å². The Kier molecular flexibility index (Phi) is 7.76. The van der Waals surface area contributed by atoms with Gasteiger partial charge in [-0.25, -0.2) is 8.42 Å². The highest BCUT2D eigenvalue weighted by atomic mass is 35.5. The molecule has 1 atom stereocenters. The number of hydrogen-bond donors (Lipinski definition) is 1. The molecule has 0 aliphatic carbocycles. The molecule has 7 nitrogen and oxygen atoms in total. The van der Waals surface area contributed by atoms with E-state index in [1.54, 1.807) is 36.4 Å². The lowest BCUT2D eigenvalue weighted by Gasteiger charge is -2.35. The number of fused-ring (bicyclic) bond motifs is 1. The molecular weight excluding hydrogens is 498 g/mol. The number of ether oxygens (including phenoxy) is 1. The first kappa shape index (κ1) is 25.9. The highest BCUT2D eigenvalue weighted by molar-refractivity contribution is 7.92. The molecule has 4 rings (SSSR count). The van der Waals surface area contributed by atoms with Crippen molar-refractivity contribution in [1.82, 2.24) is 5.32 Å². The van der Waals surface area contributed by atoms with Gasteiger partial charge in [0.15, 0.2) is 6.10 Å². The summed E-state index contributed by atoms with van der Waals surface area (Å²) in [5.41, 5.74) is 3.31. The lowest BCUT2D eigenvalue weighted by molar-refractivity contribution is -0.127. The first-order valence-corrected chi connectivity index (χ1v) is 13.7. The van der Waals surface area contributed by atoms with Crippen molar-refractivity contribution >= 4 is 38.9 Å². The number of carbonyl (C=O) groups excluding carboxylic acids is 1. The van der Waals surface area contributed by atoms with E-state index in [0.29, 0.717) is 17.3 Å². The zero-order valence-corrected chi connectivity index (χ0v) is 22.1. The van der Waals surface area contributed by atoms with E-state index in [4.69, 9.17) is 16.3 Å². The maximum atomic E-state index is 13.5. The van der Waals surface area contributed by atoms with Crippen LogP contribution in [0.4, 0.5) is 11.4 Å². The highest BCUT2D eigenvalue weighted by Crippen LogP contribution is 2.39. The molecule has 0 saturated heterocycles. The fourth-order valence-corrected chi connectivity index (χ4v) is 5.78. The van der Waals surface area contributed by atoms with Crippen LogP contribution in [0.15, 0.2) is 71.6 Å². The molecule has 0 radical (unpaired) electrons. The van der Waals surface area contributed by atoms with Crippen LogP contribution in [0.25, 0.3) is 0 Å². The summed E-state index contributed by atoms with van der Waals surface area (Å²) in [6.07, 6.45) is -1.02. The second-order valence-corrected chi connectivity index (χ2v) is 10.9. The van der Waals surface area contributed by atoms with E-state index < -0.39 is 22.0 Å². The monoisotopic (exact) mass is 527 g/mol. The van der Waals surface area contributed by atoms with E-state index in [2.05, 4.69) is 24.1 Å². The Balaban J connectivity index is 1.53. The van der Waals surface area contributed by atoms with Crippen LogP contribution in [0.3, 0.4) is 0 Å². The molecule has 190 valence electrons. The standard InChI is InChI=1S/C27H30ClN3O4S/c1-4-30(5-2)22-11-8-20(9-12-22)17-29-27(32)26-18-31(24-16-21(28)10-15-25(24)35-26)36(33,34)23-13-6-19(3)7-14-23/h6-16,26H,4-5,17-18H2,1-3H3,(H,29,32)/t26-/m0/s1. The smallest absolute Gasteiger partial charge is 0.264 e. The number of rotatable bonds is 8. The maximum absolute atomic E-state index is 13.5. The van der Waals surface area contributed by atoms with Gasteiger partial charge in [0.1, 0.15) is 5.75 Å². The van der Waals surface area contributed by atoms with Crippen molar-refractivity contribution in [1.29, 1.82) is 0 Å². The van der Waals surface area contributed by atoms with Crippen LogP contribution in [0.2, 0.25) is 5.02 Å². The number of carbonyl (C=O) groups is 1. The number of anilines is 2. The molecule has 1 amide bonds. The second-order valence-electron chi connectivity index (χ2n) is 8.62. The normalized spacial score (nSPS) is 15.1. The van der Waals surface area contributed by atoms with Crippen molar-refractivity contribution in [3.63, 3.8) is 0 Å². The number of benzene rings is 3. The molecule has 1 N–H and O–H groups in total. The Labute approximate surface area is 217 Å². The maximum Gasteiger partial charge on any atom is 0.264 e. The van der Waals surface area contributed by atoms with E-state index >= 15 is 0 Å². The summed E-state index contributed by atoms with van der Waals surface area (Å²) in [4.78, 5) is 15.5. The third-order valence-electron chi connectivity index (χ3n) is 6.22. The molecule has 0 spiro atoms.